The van der Waals surface area contributed by atoms with Gasteiger partial charge < -0.3 is 12.3 Å². The Morgan fingerprint density at radius 2 is 1.75 bits per heavy atom. The Kier molecular flexibility index (Phi) is 4.83. The van der Waals surface area contributed by atoms with Crippen LogP contribution in [-0.2, 0) is 6.42 Å². The molecule has 0 saturated heterocycles. The van der Waals surface area contributed by atoms with Crippen LogP contribution in [0.5, 0.6) is 0 Å². The van der Waals surface area contributed by atoms with E-state index in [-0.39, 0.29) is 12.3 Å². The van der Waals surface area contributed by atoms with Crippen LogP contribution in [0.15, 0.2) is 36.4 Å². The Morgan fingerprint density at radius 1 is 1.05 bits per heavy atom. The van der Waals surface area contributed by atoms with Gasteiger partial charge >= 0.3 is 0 Å². The Bertz CT molecular complexity index is 490. The third-order valence-electron chi connectivity index (χ3n) is 4.96. The van der Waals surface area contributed by atoms with E-state index in [1.54, 1.807) is 11.1 Å². The molecule has 3 rings (SSSR count). The molecule has 20 heavy (non-hydrogen) atoms. The topological polar surface area (TPSA) is 70.0 Å². The van der Waals surface area contributed by atoms with Crippen molar-refractivity contribution in [3.05, 3.63) is 47.5 Å². The predicted molar refractivity (Wildman–Crippen MR) is 87.8 cm³/mol. The van der Waals surface area contributed by atoms with E-state index in [9.17, 15) is 0 Å². The fourth-order valence-electron chi connectivity index (χ4n) is 4.29. The zero-order chi connectivity index (χ0) is 12.8. The van der Waals surface area contributed by atoms with Gasteiger partial charge in [-0.2, -0.15) is 0 Å². The summed E-state index contributed by atoms with van der Waals surface area (Å²) in [5, 5.41) is 0. The average Bonchev–Trinajstić information content (AvgIpc) is 2.71. The summed E-state index contributed by atoms with van der Waals surface area (Å²) in [5.74, 6) is 0.726. The SMILES string of the molecule is CC1(C)CC=CC(C)(C2CCc3ccccc32)C1.N.N. The molecule has 0 saturated carbocycles. The van der Waals surface area contributed by atoms with Crippen molar-refractivity contribution in [2.75, 3.05) is 0 Å². The molecule has 2 nitrogen and oxygen atoms in total. The maximum Gasteiger partial charge on any atom is -0.00673 e. The van der Waals surface area contributed by atoms with Crippen molar-refractivity contribution in [1.82, 2.24) is 12.3 Å². The molecular weight excluding hydrogens is 244 g/mol. The fraction of sp³-hybridized carbons (Fsp3) is 0.556. The number of fused-ring (bicyclic) bond motifs is 1. The first-order valence-electron chi connectivity index (χ1n) is 7.26. The standard InChI is InChI=1S/C18H24.2H3N/c1-17(2)11-6-12-18(3,13-17)16-10-9-14-7-4-5-8-15(14)16;;/h4-8,12,16H,9-11,13H2,1-3H3;2*1H3. The average molecular weight is 274 g/mol. The molecule has 0 aliphatic heterocycles. The van der Waals surface area contributed by atoms with Crippen molar-refractivity contribution in [2.24, 2.45) is 10.8 Å². The quantitative estimate of drug-likeness (QED) is 0.671. The van der Waals surface area contributed by atoms with Crippen molar-refractivity contribution in [1.29, 1.82) is 0 Å². The van der Waals surface area contributed by atoms with E-state index in [0.717, 1.165) is 5.92 Å². The molecule has 0 bridgehead atoms. The van der Waals surface area contributed by atoms with Gasteiger partial charge in [-0.15, -0.1) is 0 Å². The highest BCUT2D eigenvalue weighted by Gasteiger charge is 2.42. The second-order valence-electron chi connectivity index (χ2n) is 7.24. The van der Waals surface area contributed by atoms with Crippen LogP contribution in [-0.4, -0.2) is 0 Å². The maximum absolute atomic E-state index is 2.50. The second kappa shape index (κ2) is 5.71. The molecular formula is C18H30N2. The van der Waals surface area contributed by atoms with Crippen LogP contribution in [0.25, 0.3) is 0 Å². The van der Waals surface area contributed by atoms with Gasteiger partial charge in [0.1, 0.15) is 0 Å². The summed E-state index contributed by atoms with van der Waals surface area (Å²) in [5.41, 5.74) is 4.01. The van der Waals surface area contributed by atoms with E-state index in [2.05, 4.69) is 57.2 Å². The molecule has 112 valence electrons. The normalized spacial score (nSPS) is 30.1. The van der Waals surface area contributed by atoms with Gasteiger partial charge in [0.2, 0.25) is 0 Å². The fourth-order valence-corrected chi connectivity index (χ4v) is 4.29. The van der Waals surface area contributed by atoms with Gasteiger partial charge in [0, 0.05) is 0 Å². The molecule has 2 unspecified atom stereocenters. The van der Waals surface area contributed by atoms with Gasteiger partial charge in [-0.25, -0.2) is 0 Å². The zero-order valence-corrected chi connectivity index (χ0v) is 13.3. The largest absolute Gasteiger partial charge is 0.344 e. The minimum atomic E-state index is 0. The Labute approximate surface area is 123 Å². The number of rotatable bonds is 1. The van der Waals surface area contributed by atoms with Gasteiger partial charge in [0.05, 0.1) is 0 Å². The van der Waals surface area contributed by atoms with E-state index < -0.39 is 0 Å². The lowest BCUT2D eigenvalue weighted by molar-refractivity contribution is 0.174. The maximum atomic E-state index is 2.50. The van der Waals surface area contributed by atoms with Crippen LogP contribution in [0.2, 0.25) is 0 Å². The predicted octanol–water partition coefficient (Wildman–Crippen LogP) is 5.42. The number of aryl methyl sites for hydroxylation is 1. The lowest BCUT2D eigenvalue weighted by Crippen LogP contribution is -2.31. The van der Waals surface area contributed by atoms with E-state index in [0.29, 0.717) is 10.8 Å². The van der Waals surface area contributed by atoms with E-state index >= 15 is 0 Å². The van der Waals surface area contributed by atoms with Crippen LogP contribution in [0.4, 0.5) is 0 Å². The first kappa shape index (κ1) is 16.9. The highest BCUT2D eigenvalue weighted by molar-refractivity contribution is 5.38. The highest BCUT2D eigenvalue weighted by atomic mass is 14.5. The Hall–Kier alpha value is -1.12. The Balaban J connectivity index is 0.000001000. The first-order valence-corrected chi connectivity index (χ1v) is 7.26. The lowest BCUT2D eigenvalue weighted by Gasteiger charge is -2.43. The van der Waals surface area contributed by atoms with Gasteiger partial charge in [-0.1, -0.05) is 57.2 Å². The molecule has 0 spiro atoms. The minimum Gasteiger partial charge on any atom is -0.344 e. The van der Waals surface area contributed by atoms with Crippen LogP contribution in [0.3, 0.4) is 0 Å². The second-order valence-corrected chi connectivity index (χ2v) is 7.24. The smallest absolute Gasteiger partial charge is 0.00673 e. The number of benzene rings is 1. The number of allylic oxidation sites excluding steroid dienone is 2. The van der Waals surface area contributed by atoms with Crippen LogP contribution >= 0.6 is 0 Å². The number of hydrogen-bond acceptors (Lipinski definition) is 2. The molecule has 2 atom stereocenters. The van der Waals surface area contributed by atoms with Crippen LogP contribution in [0.1, 0.15) is 57.1 Å². The minimum absolute atomic E-state index is 0. The van der Waals surface area contributed by atoms with E-state index in [4.69, 9.17) is 0 Å². The van der Waals surface area contributed by atoms with E-state index in [1.807, 2.05) is 0 Å². The summed E-state index contributed by atoms with van der Waals surface area (Å²) in [6, 6.07) is 9.06. The summed E-state index contributed by atoms with van der Waals surface area (Å²) < 4.78 is 0. The Morgan fingerprint density at radius 3 is 2.45 bits per heavy atom. The van der Waals surface area contributed by atoms with Crippen molar-refractivity contribution in [3.63, 3.8) is 0 Å². The third kappa shape index (κ3) is 2.82. The number of hydrogen-bond donors (Lipinski definition) is 2. The van der Waals surface area contributed by atoms with Crippen molar-refractivity contribution in [2.45, 2.75) is 52.4 Å². The molecule has 1 aromatic carbocycles. The summed E-state index contributed by atoms with van der Waals surface area (Å²) in [6.07, 6.45) is 10.1. The molecule has 2 aliphatic carbocycles. The lowest BCUT2D eigenvalue weighted by atomic mass is 9.61. The molecule has 2 heteroatoms. The van der Waals surface area contributed by atoms with E-state index in [1.165, 1.54) is 25.7 Å². The van der Waals surface area contributed by atoms with Gasteiger partial charge in [0.25, 0.3) is 0 Å². The molecule has 6 N–H and O–H groups in total. The molecule has 0 radical (unpaired) electrons. The van der Waals surface area contributed by atoms with Crippen molar-refractivity contribution in [3.8, 4) is 0 Å². The van der Waals surface area contributed by atoms with Gasteiger partial charge in [-0.3, -0.25) is 0 Å². The molecule has 2 aliphatic rings. The molecule has 0 heterocycles. The van der Waals surface area contributed by atoms with Crippen molar-refractivity contribution < 1.29 is 0 Å². The van der Waals surface area contributed by atoms with Crippen LogP contribution in [0, 0.1) is 10.8 Å². The molecule has 1 aromatic rings. The molecule has 0 fully saturated rings. The summed E-state index contributed by atoms with van der Waals surface area (Å²) >= 11 is 0. The van der Waals surface area contributed by atoms with Crippen LogP contribution < -0.4 is 12.3 Å². The van der Waals surface area contributed by atoms with Crippen molar-refractivity contribution >= 4 is 0 Å². The summed E-state index contributed by atoms with van der Waals surface area (Å²) in [4.78, 5) is 0. The highest BCUT2D eigenvalue weighted by Crippen LogP contribution is 2.53. The summed E-state index contributed by atoms with van der Waals surface area (Å²) in [6.45, 7) is 7.29. The van der Waals surface area contributed by atoms with Gasteiger partial charge in [0.15, 0.2) is 0 Å². The molecule has 0 aromatic heterocycles. The van der Waals surface area contributed by atoms with Gasteiger partial charge in [-0.05, 0) is 53.6 Å². The monoisotopic (exact) mass is 274 g/mol. The third-order valence-corrected chi connectivity index (χ3v) is 4.96. The zero-order valence-electron chi connectivity index (χ0n) is 13.3. The molecule has 0 amide bonds. The first-order chi connectivity index (χ1) is 8.50. The summed E-state index contributed by atoms with van der Waals surface area (Å²) in [7, 11) is 0.